The zero-order valence-corrected chi connectivity index (χ0v) is 10.7. The number of halogens is 2. The van der Waals surface area contributed by atoms with Crippen LogP contribution in [0.1, 0.15) is 5.56 Å². The molecule has 1 aromatic heterocycles. The van der Waals surface area contributed by atoms with E-state index in [1.54, 1.807) is 0 Å². The Kier molecular flexibility index (Phi) is 2.49. The fourth-order valence-corrected chi connectivity index (χ4v) is 2.18. The van der Waals surface area contributed by atoms with Crippen LogP contribution in [0.4, 0.5) is 5.82 Å². The first-order valence-electron chi connectivity index (χ1n) is 4.10. The molecule has 2 aromatic rings. The van der Waals surface area contributed by atoms with E-state index in [2.05, 4.69) is 36.8 Å². The van der Waals surface area contributed by atoms with Gasteiger partial charge in [-0.2, -0.15) is 0 Å². The second kappa shape index (κ2) is 3.51. The molecule has 1 heterocycles. The number of hydrogen-bond acceptors (Lipinski definition) is 2. The van der Waals surface area contributed by atoms with E-state index in [-0.39, 0.29) is 0 Å². The van der Waals surface area contributed by atoms with Gasteiger partial charge in [-0.3, -0.25) is 0 Å². The van der Waals surface area contributed by atoms with Crippen LogP contribution in [0, 0.1) is 6.92 Å². The number of nitrogen functional groups attached to an aromatic ring is 1. The molecule has 2 rings (SSSR count). The predicted molar refractivity (Wildman–Crippen MR) is 66.3 cm³/mol. The molecule has 1 aromatic carbocycles. The number of nitrogens with two attached hydrogens (primary N) is 1. The van der Waals surface area contributed by atoms with Gasteiger partial charge in [0.2, 0.25) is 0 Å². The van der Waals surface area contributed by atoms with Gasteiger partial charge in [-0.15, -0.1) is 0 Å². The van der Waals surface area contributed by atoms with Crippen LogP contribution in [0.25, 0.3) is 10.9 Å². The van der Waals surface area contributed by atoms with E-state index in [0.29, 0.717) is 5.82 Å². The Labute approximate surface area is 98.8 Å². The Morgan fingerprint density at radius 3 is 2.57 bits per heavy atom. The zero-order valence-electron chi connectivity index (χ0n) is 7.51. The maximum Gasteiger partial charge on any atom is 0.127 e. The molecular weight excluding hydrogens is 308 g/mol. The summed E-state index contributed by atoms with van der Waals surface area (Å²) in [6.45, 7) is 1.95. The van der Waals surface area contributed by atoms with Gasteiger partial charge in [-0.25, -0.2) is 4.98 Å². The number of benzene rings is 1. The van der Waals surface area contributed by atoms with Gasteiger partial charge in [0.15, 0.2) is 0 Å². The molecule has 0 aliphatic rings. The smallest absolute Gasteiger partial charge is 0.127 e. The molecule has 0 fully saturated rings. The lowest BCUT2D eigenvalue weighted by atomic mass is 10.1. The summed E-state index contributed by atoms with van der Waals surface area (Å²) in [5, 5.41) is 1.08. The molecule has 0 aliphatic heterocycles. The molecule has 4 heteroatoms. The van der Waals surface area contributed by atoms with Crippen LogP contribution in [0.5, 0.6) is 0 Å². The first-order valence-corrected chi connectivity index (χ1v) is 5.69. The third-order valence-electron chi connectivity index (χ3n) is 2.11. The van der Waals surface area contributed by atoms with Gasteiger partial charge >= 0.3 is 0 Å². The third kappa shape index (κ3) is 1.53. The Morgan fingerprint density at radius 2 is 1.86 bits per heavy atom. The molecular formula is C10H8Br2N2. The molecule has 0 saturated carbocycles. The van der Waals surface area contributed by atoms with Crippen molar-refractivity contribution in [2.45, 2.75) is 6.92 Å². The lowest BCUT2D eigenvalue weighted by Crippen LogP contribution is -1.95. The van der Waals surface area contributed by atoms with E-state index in [1.165, 1.54) is 0 Å². The minimum atomic E-state index is 0.580. The highest BCUT2D eigenvalue weighted by atomic mass is 79.9. The molecule has 0 amide bonds. The second-order valence-corrected chi connectivity index (χ2v) is 4.82. The van der Waals surface area contributed by atoms with Crippen LogP contribution in [-0.2, 0) is 0 Å². The minimum Gasteiger partial charge on any atom is -0.383 e. The number of anilines is 1. The number of aromatic nitrogens is 1. The molecule has 0 spiro atoms. The summed E-state index contributed by atoms with van der Waals surface area (Å²) in [5.41, 5.74) is 7.65. The van der Waals surface area contributed by atoms with Crippen molar-refractivity contribution in [1.29, 1.82) is 0 Å². The molecule has 0 radical (unpaired) electrons. The lowest BCUT2D eigenvalue weighted by molar-refractivity contribution is 1.33. The van der Waals surface area contributed by atoms with Gasteiger partial charge in [0.05, 0.1) is 5.52 Å². The number of pyridine rings is 1. The van der Waals surface area contributed by atoms with E-state index in [0.717, 1.165) is 25.4 Å². The summed E-state index contributed by atoms with van der Waals surface area (Å²) < 4.78 is 1.99. The summed E-state index contributed by atoms with van der Waals surface area (Å²) in [6.07, 6.45) is 0. The molecule has 0 aliphatic carbocycles. The van der Waals surface area contributed by atoms with Crippen LogP contribution >= 0.6 is 31.9 Å². The summed E-state index contributed by atoms with van der Waals surface area (Å²) in [7, 11) is 0. The van der Waals surface area contributed by atoms with Crippen molar-refractivity contribution < 1.29 is 0 Å². The molecule has 0 atom stereocenters. The standard InChI is InChI=1S/C10H8Br2N2/c1-5-4-6-7(11)2-3-8(12)9(6)14-10(5)13/h2-4H,1H3,(H2,13,14). The molecule has 72 valence electrons. The summed E-state index contributed by atoms with van der Waals surface area (Å²) in [4.78, 5) is 4.34. The van der Waals surface area contributed by atoms with Crippen LogP contribution < -0.4 is 5.73 Å². The number of aryl methyl sites for hydroxylation is 1. The Morgan fingerprint density at radius 1 is 1.21 bits per heavy atom. The van der Waals surface area contributed by atoms with E-state index in [1.807, 2.05) is 25.1 Å². The molecule has 0 unspecified atom stereocenters. The first kappa shape index (κ1) is 9.93. The van der Waals surface area contributed by atoms with Crippen LogP contribution in [0.2, 0.25) is 0 Å². The van der Waals surface area contributed by atoms with Crippen molar-refractivity contribution in [3.63, 3.8) is 0 Å². The largest absolute Gasteiger partial charge is 0.383 e. The summed E-state index contributed by atoms with van der Waals surface area (Å²) in [6, 6.07) is 5.98. The van der Waals surface area contributed by atoms with E-state index >= 15 is 0 Å². The Bertz CT molecular complexity index is 462. The van der Waals surface area contributed by atoms with Gasteiger partial charge in [-0.05, 0) is 46.6 Å². The number of rotatable bonds is 0. The second-order valence-electron chi connectivity index (χ2n) is 3.12. The zero-order chi connectivity index (χ0) is 10.3. The Hall–Kier alpha value is -0.610. The molecule has 14 heavy (non-hydrogen) atoms. The molecule has 0 saturated heterocycles. The van der Waals surface area contributed by atoms with E-state index < -0.39 is 0 Å². The SMILES string of the molecule is Cc1cc2c(Br)ccc(Br)c2nc1N. The van der Waals surface area contributed by atoms with Crippen LogP contribution in [0.15, 0.2) is 27.1 Å². The highest BCUT2D eigenvalue weighted by Gasteiger charge is 2.06. The van der Waals surface area contributed by atoms with Crippen molar-refractivity contribution >= 4 is 48.6 Å². The van der Waals surface area contributed by atoms with Crippen molar-refractivity contribution in [3.05, 3.63) is 32.7 Å². The fraction of sp³-hybridized carbons (Fsp3) is 0.100. The number of nitrogens with zero attached hydrogens (tertiary/aromatic N) is 1. The molecule has 0 bridgehead atoms. The highest BCUT2D eigenvalue weighted by molar-refractivity contribution is 9.11. The molecule has 2 nitrogen and oxygen atoms in total. The monoisotopic (exact) mass is 314 g/mol. The van der Waals surface area contributed by atoms with Crippen LogP contribution in [-0.4, -0.2) is 4.98 Å². The average molecular weight is 316 g/mol. The number of fused-ring (bicyclic) bond motifs is 1. The topological polar surface area (TPSA) is 38.9 Å². The summed E-state index contributed by atoms with van der Waals surface area (Å²) >= 11 is 6.94. The van der Waals surface area contributed by atoms with Gasteiger partial charge in [-0.1, -0.05) is 15.9 Å². The van der Waals surface area contributed by atoms with Gasteiger partial charge in [0.25, 0.3) is 0 Å². The van der Waals surface area contributed by atoms with Crippen molar-refractivity contribution in [2.75, 3.05) is 5.73 Å². The Balaban J connectivity index is 2.94. The quantitative estimate of drug-likeness (QED) is 0.806. The maximum atomic E-state index is 5.76. The van der Waals surface area contributed by atoms with E-state index in [9.17, 15) is 0 Å². The third-order valence-corrected chi connectivity index (χ3v) is 3.44. The average Bonchev–Trinajstić information content (AvgIpc) is 2.15. The number of hydrogen-bond donors (Lipinski definition) is 1. The van der Waals surface area contributed by atoms with Crippen molar-refractivity contribution in [1.82, 2.24) is 4.98 Å². The molecule has 2 N–H and O–H groups in total. The highest BCUT2D eigenvalue weighted by Crippen LogP contribution is 2.30. The predicted octanol–water partition coefficient (Wildman–Crippen LogP) is 3.65. The van der Waals surface area contributed by atoms with Gasteiger partial charge < -0.3 is 5.73 Å². The summed E-state index contributed by atoms with van der Waals surface area (Å²) in [5.74, 6) is 0.580. The van der Waals surface area contributed by atoms with E-state index in [4.69, 9.17) is 5.73 Å². The maximum absolute atomic E-state index is 5.76. The van der Waals surface area contributed by atoms with Crippen molar-refractivity contribution in [2.24, 2.45) is 0 Å². The lowest BCUT2D eigenvalue weighted by Gasteiger charge is -2.05. The van der Waals surface area contributed by atoms with Crippen molar-refractivity contribution in [3.8, 4) is 0 Å². The van der Waals surface area contributed by atoms with Crippen LogP contribution in [0.3, 0.4) is 0 Å². The van der Waals surface area contributed by atoms with Gasteiger partial charge in [0, 0.05) is 14.3 Å². The minimum absolute atomic E-state index is 0.580. The normalized spacial score (nSPS) is 10.8. The van der Waals surface area contributed by atoms with Gasteiger partial charge in [0.1, 0.15) is 5.82 Å². The first-order chi connectivity index (χ1) is 6.59. The fourth-order valence-electron chi connectivity index (χ4n) is 1.31.